The highest BCUT2D eigenvalue weighted by atomic mass is 16.5. The van der Waals surface area contributed by atoms with E-state index in [1.165, 1.54) is 6.20 Å². The number of carbonyl (C=O) groups excluding carboxylic acids is 1. The van der Waals surface area contributed by atoms with Crippen LogP contribution in [0.25, 0.3) is 22.0 Å². The zero-order chi connectivity index (χ0) is 17.4. The van der Waals surface area contributed by atoms with Gasteiger partial charge in [-0.1, -0.05) is 12.1 Å². The third-order valence-electron chi connectivity index (χ3n) is 4.26. The molecular weight excluding hydrogens is 321 g/mol. The fourth-order valence-electron chi connectivity index (χ4n) is 3.07. The topological polar surface area (TPSA) is 108 Å². The van der Waals surface area contributed by atoms with Crippen LogP contribution in [0.1, 0.15) is 5.56 Å². The molecule has 0 unspecified atom stereocenters. The average Bonchev–Trinajstić information content (AvgIpc) is 3.09. The number of anilines is 1. The maximum Gasteiger partial charge on any atom is 0.561 e. The molecule has 1 aliphatic rings. The van der Waals surface area contributed by atoms with Crippen LogP contribution in [-0.4, -0.2) is 35.4 Å². The van der Waals surface area contributed by atoms with Crippen molar-refractivity contribution in [3.8, 4) is 16.9 Å². The van der Waals surface area contributed by atoms with Gasteiger partial charge in [-0.25, -0.2) is 0 Å². The lowest BCUT2D eigenvalue weighted by Gasteiger charge is -2.13. The Morgan fingerprint density at radius 3 is 3.04 bits per heavy atom. The van der Waals surface area contributed by atoms with Crippen LogP contribution < -0.4 is 15.9 Å². The molecule has 4 rings (SSSR count). The number of benzene rings is 2. The van der Waals surface area contributed by atoms with Gasteiger partial charge in [-0.15, -0.1) is 0 Å². The molecule has 0 saturated carbocycles. The van der Waals surface area contributed by atoms with Crippen molar-refractivity contribution in [1.82, 2.24) is 10.2 Å². The zero-order valence-corrected chi connectivity index (χ0v) is 13.2. The molecule has 8 heteroatoms. The minimum absolute atomic E-state index is 0.225. The molecule has 0 fully saturated rings. The predicted octanol–water partition coefficient (Wildman–Crippen LogP) is 0.674. The Labute approximate surface area is 143 Å². The van der Waals surface area contributed by atoms with Crippen molar-refractivity contribution < 1.29 is 19.2 Å². The van der Waals surface area contributed by atoms with Crippen LogP contribution in [0.2, 0.25) is 0 Å². The third kappa shape index (κ3) is 2.66. The number of rotatable bonds is 4. The summed E-state index contributed by atoms with van der Waals surface area (Å²) in [6.07, 6.45) is 2.24. The van der Waals surface area contributed by atoms with E-state index in [0.29, 0.717) is 23.3 Å². The van der Waals surface area contributed by atoms with E-state index in [9.17, 15) is 9.82 Å². The number of nitrogens with two attached hydrogens (primary N) is 1. The molecule has 0 aliphatic carbocycles. The fourth-order valence-corrected chi connectivity index (χ4v) is 3.07. The van der Waals surface area contributed by atoms with Crippen LogP contribution in [0.3, 0.4) is 0 Å². The van der Waals surface area contributed by atoms with Crippen molar-refractivity contribution in [2.45, 2.75) is 6.42 Å². The molecule has 2 aromatic carbocycles. The molecule has 1 aliphatic heterocycles. The Bertz CT molecular complexity index is 980. The lowest BCUT2D eigenvalue weighted by atomic mass is 9.77. The van der Waals surface area contributed by atoms with E-state index in [1.807, 2.05) is 18.2 Å². The molecule has 0 saturated heterocycles. The molecule has 7 nitrogen and oxygen atoms in total. The highest BCUT2D eigenvalue weighted by Crippen LogP contribution is 2.37. The van der Waals surface area contributed by atoms with Gasteiger partial charge >= 0.3 is 7.12 Å². The summed E-state index contributed by atoms with van der Waals surface area (Å²) >= 11 is 0. The number of fused-ring (bicyclic) bond motifs is 2. The predicted molar refractivity (Wildman–Crippen MR) is 93.3 cm³/mol. The highest BCUT2D eigenvalue weighted by Gasteiger charge is 2.25. The second kappa shape index (κ2) is 6.06. The zero-order valence-electron chi connectivity index (χ0n) is 13.2. The average molecular weight is 335 g/mol. The van der Waals surface area contributed by atoms with E-state index in [4.69, 9.17) is 10.5 Å². The number of nitrogens with zero attached hydrogens (tertiary/aromatic N) is 2. The molecule has 0 atom stereocenters. The second-order valence-electron chi connectivity index (χ2n) is 5.77. The van der Waals surface area contributed by atoms with Gasteiger partial charge in [0, 0.05) is 17.4 Å². The number of aromatic nitrogens is 2. The van der Waals surface area contributed by atoms with E-state index >= 15 is 0 Å². The van der Waals surface area contributed by atoms with Crippen molar-refractivity contribution in [2.75, 3.05) is 12.3 Å². The molecular formula is C17H14BN3O4. The Kier molecular flexibility index (Phi) is 3.74. The summed E-state index contributed by atoms with van der Waals surface area (Å²) in [6, 6.07) is 9.19. The maximum absolute atomic E-state index is 10.5. The quantitative estimate of drug-likeness (QED) is 0.533. The van der Waals surface area contributed by atoms with Crippen molar-refractivity contribution in [2.24, 2.45) is 0 Å². The van der Waals surface area contributed by atoms with Crippen LogP contribution >= 0.6 is 0 Å². The summed E-state index contributed by atoms with van der Waals surface area (Å²) in [4.78, 5) is 10.5. The van der Waals surface area contributed by atoms with Gasteiger partial charge in [0.25, 0.3) is 6.47 Å². The largest absolute Gasteiger partial charge is 0.561 e. The first-order valence-electron chi connectivity index (χ1n) is 7.75. The molecule has 3 aromatic rings. The normalized spacial score (nSPS) is 12.5. The van der Waals surface area contributed by atoms with E-state index in [-0.39, 0.29) is 6.47 Å². The maximum atomic E-state index is 10.5. The molecule has 0 radical (unpaired) electrons. The van der Waals surface area contributed by atoms with Gasteiger partial charge in [0.1, 0.15) is 5.75 Å². The third-order valence-corrected chi connectivity index (χ3v) is 4.26. The van der Waals surface area contributed by atoms with E-state index in [0.717, 1.165) is 34.2 Å². The van der Waals surface area contributed by atoms with Gasteiger partial charge in [0.15, 0.2) is 0 Å². The Hall–Kier alpha value is -3.13. The number of hydrogen-bond donors (Lipinski definition) is 2. The van der Waals surface area contributed by atoms with E-state index in [2.05, 4.69) is 14.9 Å². The van der Waals surface area contributed by atoms with Crippen molar-refractivity contribution in [3.63, 3.8) is 0 Å². The van der Waals surface area contributed by atoms with Gasteiger partial charge in [-0.2, -0.15) is 10.2 Å². The standard InChI is InChI=1S/C17H14BN3O4/c19-15-8-20-21-16-6-10(1-2-13(15)16)14-7-12(18(23)25-9-22)5-11-3-4-24-17(11)14/h1-2,5-9,23H,3-4H2,(H2,19,21). The lowest BCUT2D eigenvalue weighted by Crippen LogP contribution is -2.33. The molecule has 1 aromatic heterocycles. The van der Waals surface area contributed by atoms with Gasteiger partial charge in [0.05, 0.1) is 24.0 Å². The monoisotopic (exact) mass is 335 g/mol. The summed E-state index contributed by atoms with van der Waals surface area (Å²) in [6.45, 7) is 0.791. The van der Waals surface area contributed by atoms with Gasteiger partial charge in [-0.3, -0.25) is 4.79 Å². The van der Waals surface area contributed by atoms with Crippen molar-refractivity contribution >= 4 is 35.6 Å². The van der Waals surface area contributed by atoms with Crippen LogP contribution in [0.4, 0.5) is 5.69 Å². The smallest absolute Gasteiger partial charge is 0.508 e. The highest BCUT2D eigenvalue weighted by molar-refractivity contribution is 6.61. The first-order valence-corrected chi connectivity index (χ1v) is 7.75. The van der Waals surface area contributed by atoms with Crippen molar-refractivity contribution in [3.05, 3.63) is 42.1 Å². The molecule has 124 valence electrons. The molecule has 0 spiro atoms. The summed E-state index contributed by atoms with van der Waals surface area (Å²) in [5, 5.41) is 18.8. The Balaban J connectivity index is 1.88. The minimum atomic E-state index is -1.32. The van der Waals surface area contributed by atoms with E-state index < -0.39 is 7.12 Å². The molecule has 0 bridgehead atoms. The number of ether oxygens (including phenoxy) is 1. The lowest BCUT2D eigenvalue weighted by molar-refractivity contribution is -0.121. The summed E-state index contributed by atoms with van der Waals surface area (Å²) in [5.41, 5.74) is 10.2. The minimum Gasteiger partial charge on any atom is -0.508 e. The Morgan fingerprint density at radius 1 is 1.32 bits per heavy atom. The SMILES string of the molecule is Nc1cnnc2cc(-c3cc(B(O)OC=O)cc4c3OCC4)ccc12. The first-order chi connectivity index (χ1) is 12.2. The first kappa shape index (κ1) is 15.4. The molecule has 0 amide bonds. The molecule has 25 heavy (non-hydrogen) atoms. The number of carbonyl (C=O) groups is 1. The number of nitrogen functional groups attached to an aromatic ring is 1. The summed E-state index contributed by atoms with van der Waals surface area (Å²) in [7, 11) is -1.32. The number of hydrogen-bond acceptors (Lipinski definition) is 7. The fraction of sp³-hybridized carbons (Fsp3) is 0.118. The van der Waals surface area contributed by atoms with Crippen molar-refractivity contribution in [1.29, 1.82) is 0 Å². The molecule has 2 heterocycles. The van der Waals surface area contributed by atoms with E-state index in [1.54, 1.807) is 12.1 Å². The summed E-state index contributed by atoms with van der Waals surface area (Å²) in [5.74, 6) is 0.762. The van der Waals surface area contributed by atoms with Gasteiger partial charge in [-0.05, 0) is 34.8 Å². The van der Waals surface area contributed by atoms with Gasteiger partial charge in [0.2, 0.25) is 0 Å². The van der Waals surface area contributed by atoms with Crippen LogP contribution in [-0.2, 0) is 15.9 Å². The van der Waals surface area contributed by atoms with Crippen LogP contribution in [0.15, 0.2) is 36.5 Å². The molecule has 3 N–H and O–H groups in total. The van der Waals surface area contributed by atoms with Gasteiger partial charge < -0.3 is 20.1 Å². The second-order valence-corrected chi connectivity index (χ2v) is 5.77. The van der Waals surface area contributed by atoms with Crippen LogP contribution in [0.5, 0.6) is 5.75 Å². The Morgan fingerprint density at radius 2 is 2.20 bits per heavy atom. The summed E-state index contributed by atoms with van der Waals surface area (Å²) < 4.78 is 10.4. The van der Waals surface area contributed by atoms with Crippen LogP contribution in [0, 0.1) is 0 Å².